The molecule has 19 heavy (non-hydrogen) atoms. The molecule has 2 fully saturated rings. The Morgan fingerprint density at radius 1 is 1.21 bits per heavy atom. The van der Waals surface area contributed by atoms with Crippen LogP contribution < -0.4 is 0 Å². The van der Waals surface area contributed by atoms with Crippen molar-refractivity contribution >= 4 is 6.09 Å². The molecule has 1 amide bonds. The van der Waals surface area contributed by atoms with Crippen molar-refractivity contribution in [3.63, 3.8) is 0 Å². The Hall–Kier alpha value is -0.810. The van der Waals surface area contributed by atoms with Crippen molar-refractivity contribution in [2.45, 2.75) is 45.3 Å². The number of nitrogens with zero attached hydrogens (tertiary/aromatic N) is 2. The van der Waals surface area contributed by atoms with Gasteiger partial charge in [0.25, 0.3) is 0 Å². The van der Waals surface area contributed by atoms with Gasteiger partial charge < -0.3 is 14.7 Å². The highest BCUT2D eigenvalue weighted by molar-refractivity contribution is 5.68. The summed E-state index contributed by atoms with van der Waals surface area (Å²) in [5.41, 5.74) is -0.420. The van der Waals surface area contributed by atoms with Crippen LogP contribution in [0.25, 0.3) is 0 Å². The molecule has 1 aliphatic heterocycles. The minimum Gasteiger partial charge on any atom is -0.444 e. The zero-order valence-electron chi connectivity index (χ0n) is 12.3. The molecule has 0 atom stereocenters. The number of aliphatic hydroxyl groups is 1. The van der Waals surface area contributed by atoms with Crippen LogP contribution in [0.2, 0.25) is 0 Å². The molecule has 0 aromatic rings. The second-order valence-electron chi connectivity index (χ2n) is 6.68. The van der Waals surface area contributed by atoms with Gasteiger partial charge in [0, 0.05) is 38.8 Å². The Labute approximate surface area is 115 Å². The fourth-order valence-corrected chi connectivity index (χ4v) is 2.74. The predicted molar refractivity (Wildman–Crippen MR) is 73.0 cm³/mol. The van der Waals surface area contributed by atoms with Gasteiger partial charge in [0.15, 0.2) is 0 Å². The molecule has 5 heteroatoms. The Balaban J connectivity index is 1.72. The Morgan fingerprint density at radius 3 is 2.26 bits per heavy atom. The average molecular weight is 270 g/mol. The molecule has 2 aliphatic rings. The summed E-state index contributed by atoms with van der Waals surface area (Å²) in [6, 6.07) is 0.609. The number of rotatable bonds is 2. The third kappa shape index (κ3) is 3.83. The quantitative estimate of drug-likeness (QED) is 0.822. The molecule has 2 rings (SSSR count). The van der Waals surface area contributed by atoms with E-state index in [0.717, 1.165) is 39.0 Å². The molecule has 0 spiro atoms. The highest BCUT2D eigenvalue weighted by atomic mass is 16.6. The predicted octanol–water partition coefficient (Wildman–Crippen LogP) is 1.31. The van der Waals surface area contributed by atoms with E-state index in [4.69, 9.17) is 9.84 Å². The van der Waals surface area contributed by atoms with Crippen molar-refractivity contribution in [1.29, 1.82) is 0 Å². The van der Waals surface area contributed by atoms with Crippen molar-refractivity contribution in [2.24, 2.45) is 5.92 Å². The van der Waals surface area contributed by atoms with Gasteiger partial charge in [-0.05, 0) is 39.5 Å². The summed E-state index contributed by atoms with van der Waals surface area (Å²) in [7, 11) is 0. The van der Waals surface area contributed by atoms with Gasteiger partial charge in [0.1, 0.15) is 5.60 Å². The summed E-state index contributed by atoms with van der Waals surface area (Å²) in [4.78, 5) is 16.2. The van der Waals surface area contributed by atoms with Gasteiger partial charge in [-0.15, -0.1) is 0 Å². The molecule has 110 valence electrons. The SMILES string of the molecule is CC(C)(C)OC(=O)N1CCN([C@H]2C[C@@H](CO)C2)CC1. The number of aliphatic hydroxyl groups excluding tert-OH is 1. The summed E-state index contributed by atoms with van der Waals surface area (Å²) in [5.74, 6) is 0.494. The van der Waals surface area contributed by atoms with Crippen LogP contribution in [-0.4, -0.2) is 65.4 Å². The van der Waals surface area contributed by atoms with Crippen LogP contribution in [0.5, 0.6) is 0 Å². The number of amides is 1. The van der Waals surface area contributed by atoms with Crippen LogP contribution in [0.3, 0.4) is 0 Å². The first-order valence-corrected chi connectivity index (χ1v) is 7.22. The second-order valence-corrected chi connectivity index (χ2v) is 6.68. The van der Waals surface area contributed by atoms with Crippen LogP contribution in [0.1, 0.15) is 33.6 Å². The first kappa shape index (κ1) is 14.6. The number of carbonyl (C=O) groups excluding carboxylic acids is 1. The van der Waals surface area contributed by atoms with Crippen molar-refractivity contribution in [3.8, 4) is 0 Å². The fraction of sp³-hybridized carbons (Fsp3) is 0.929. The molecule has 0 radical (unpaired) electrons. The highest BCUT2D eigenvalue weighted by Gasteiger charge is 2.35. The molecule has 1 N–H and O–H groups in total. The maximum Gasteiger partial charge on any atom is 0.410 e. The van der Waals surface area contributed by atoms with E-state index in [1.807, 2.05) is 20.8 Å². The number of hydrogen-bond donors (Lipinski definition) is 1. The third-order valence-corrected chi connectivity index (χ3v) is 3.95. The Morgan fingerprint density at radius 2 is 1.79 bits per heavy atom. The van der Waals surface area contributed by atoms with Crippen LogP contribution in [0.15, 0.2) is 0 Å². The summed E-state index contributed by atoms with van der Waals surface area (Å²) in [5, 5.41) is 9.04. The van der Waals surface area contributed by atoms with Gasteiger partial charge in [-0.3, -0.25) is 4.90 Å². The summed E-state index contributed by atoms with van der Waals surface area (Å²) in [6.45, 7) is 9.32. The Kier molecular flexibility index (Phi) is 4.36. The van der Waals surface area contributed by atoms with E-state index >= 15 is 0 Å². The number of piperazine rings is 1. The second kappa shape index (κ2) is 5.67. The molecule has 1 heterocycles. The lowest BCUT2D eigenvalue weighted by Crippen LogP contribution is -2.56. The van der Waals surface area contributed by atoms with Crippen molar-refractivity contribution < 1.29 is 14.6 Å². The number of hydrogen-bond acceptors (Lipinski definition) is 4. The van der Waals surface area contributed by atoms with E-state index in [0.29, 0.717) is 18.6 Å². The van der Waals surface area contributed by atoms with E-state index in [1.54, 1.807) is 4.90 Å². The lowest BCUT2D eigenvalue weighted by Gasteiger charge is -2.46. The minimum absolute atomic E-state index is 0.200. The summed E-state index contributed by atoms with van der Waals surface area (Å²) >= 11 is 0. The van der Waals surface area contributed by atoms with E-state index < -0.39 is 5.60 Å². The first-order valence-electron chi connectivity index (χ1n) is 7.22. The van der Waals surface area contributed by atoms with Gasteiger partial charge in [-0.1, -0.05) is 0 Å². The maximum absolute atomic E-state index is 11.9. The molecule has 1 saturated heterocycles. The van der Waals surface area contributed by atoms with E-state index in [9.17, 15) is 4.79 Å². The smallest absolute Gasteiger partial charge is 0.410 e. The van der Waals surface area contributed by atoms with Crippen LogP contribution in [0, 0.1) is 5.92 Å². The van der Waals surface area contributed by atoms with Crippen molar-refractivity contribution in [2.75, 3.05) is 32.8 Å². The van der Waals surface area contributed by atoms with Gasteiger partial charge in [0.2, 0.25) is 0 Å². The van der Waals surface area contributed by atoms with E-state index in [-0.39, 0.29) is 6.09 Å². The molecule has 0 bridgehead atoms. The Bertz CT molecular complexity index is 313. The largest absolute Gasteiger partial charge is 0.444 e. The fourth-order valence-electron chi connectivity index (χ4n) is 2.74. The van der Waals surface area contributed by atoms with Crippen LogP contribution >= 0.6 is 0 Å². The standard InChI is InChI=1S/C14H26N2O3/c1-14(2,3)19-13(18)16-6-4-15(5-7-16)12-8-11(9-12)10-17/h11-12,17H,4-10H2,1-3H3/t11-,12+. The zero-order valence-corrected chi connectivity index (χ0v) is 12.3. The summed E-state index contributed by atoms with van der Waals surface area (Å²) in [6.07, 6.45) is 2.00. The van der Waals surface area contributed by atoms with E-state index in [2.05, 4.69) is 4.90 Å². The molecule has 1 aliphatic carbocycles. The molecule has 1 saturated carbocycles. The number of carbonyl (C=O) groups is 1. The topological polar surface area (TPSA) is 53.0 Å². The number of ether oxygens (including phenoxy) is 1. The third-order valence-electron chi connectivity index (χ3n) is 3.95. The van der Waals surface area contributed by atoms with Gasteiger partial charge in [0.05, 0.1) is 0 Å². The van der Waals surface area contributed by atoms with Gasteiger partial charge >= 0.3 is 6.09 Å². The maximum atomic E-state index is 11.9. The molecule has 5 nitrogen and oxygen atoms in total. The molecule has 0 unspecified atom stereocenters. The van der Waals surface area contributed by atoms with Crippen LogP contribution in [0.4, 0.5) is 4.79 Å². The molecular formula is C14H26N2O3. The van der Waals surface area contributed by atoms with Crippen molar-refractivity contribution in [3.05, 3.63) is 0 Å². The van der Waals surface area contributed by atoms with Crippen molar-refractivity contribution in [1.82, 2.24) is 9.80 Å². The zero-order chi connectivity index (χ0) is 14.0. The molecule has 0 aromatic heterocycles. The van der Waals surface area contributed by atoms with Crippen LogP contribution in [-0.2, 0) is 4.74 Å². The molecule has 0 aromatic carbocycles. The van der Waals surface area contributed by atoms with E-state index in [1.165, 1.54) is 0 Å². The molecular weight excluding hydrogens is 244 g/mol. The monoisotopic (exact) mass is 270 g/mol. The lowest BCUT2D eigenvalue weighted by atomic mass is 9.79. The lowest BCUT2D eigenvalue weighted by molar-refractivity contribution is -0.00758. The highest BCUT2D eigenvalue weighted by Crippen LogP contribution is 2.31. The van der Waals surface area contributed by atoms with Gasteiger partial charge in [-0.25, -0.2) is 4.79 Å². The average Bonchev–Trinajstić information content (AvgIpc) is 2.26. The van der Waals surface area contributed by atoms with Gasteiger partial charge in [-0.2, -0.15) is 0 Å². The normalized spacial score (nSPS) is 28.9. The minimum atomic E-state index is -0.420. The first-order chi connectivity index (χ1) is 8.89. The summed E-state index contributed by atoms with van der Waals surface area (Å²) < 4.78 is 5.38.